The summed E-state index contributed by atoms with van der Waals surface area (Å²) in [6.45, 7) is 11.6. The standard InChI is InChI=1S/C11H16N2O2.C2H6/c1-5-15-10(14)11(3,4)9-12-6-8(2)7-13-9;1-2/h6-7H,5H2,1-4H3;1-2H3. The molecule has 1 aromatic heterocycles. The molecule has 1 heterocycles. The van der Waals surface area contributed by atoms with Crippen molar-refractivity contribution in [1.82, 2.24) is 9.97 Å². The minimum atomic E-state index is -0.788. The summed E-state index contributed by atoms with van der Waals surface area (Å²) in [5.74, 6) is 0.195. The van der Waals surface area contributed by atoms with Crippen LogP contribution in [0.5, 0.6) is 0 Å². The molecule has 0 N–H and O–H groups in total. The second-order valence-electron chi connectivity index (χ2n) is 3.93. The van der Waals surface area contributed by atoms with Gasteiger partial charge < -0.3 is 4.74 Å². The van der Waals surface area contributed by atoms with Crippen LogP contribution in [0, 0.1) is 6.92 Å². The van der Waals surface area contributed by atoms with E-state index in [2.05, 4.69) is 9.97 Å². The first-order valence-corrected chi connectivity index (χ1v) is 5.94. The van der Waals surface area contributed by atoms with Crippen molar-refractivity contribution in [2.24, 2.45) is 0 Å². The Bertz CT molecular complexity index is 345. The minimum Gasteiger partial charge on any atom is -0.465 e. The second kappa shape index (κ2) is 6.99. The molecule has 0 radical (unpaired) electrons. The molecule has 0 atom stereocenters. The van der Waals surface area contributed by atoms with Crippen LogP contribution in [0.3, 0.4) is 0 Å². The minimum absolute atomic E-state index is 0.297. The summed E-state index contributed by atoms with van der Waals surface area (Å²) in [5.41, 5.74) is 0.183. The monoisotopic (exact) mass is 238 g/mol. The van der Waals surface area contributed by atoms with Gasteiger partial charge in [0, 0.05) is 12.4 Å². The molecule has 0 aliphatic rings. The van der Waals surface area contributed by atoms with Gasteiger partial charge in [-0.25, -0.2) is 9.97 Å². The molecule has 0 fully saturated rings. The third kappa shape index (κ3) is 4.13. The zero-order chi connectivity index (χ0) is 13.5. The normalized spacial score (nSPS) is 10.2. The number of nitrogens with zero attached hydrogens (tertiary/aromatic N) is 2. The van der Waals surface area contributed by atoms with Gasteiger partial charge in [-0.05, 0) is 33.3 Å². The van der Waals surface area contributed by atoms with Crippen molar-refractivity contribution in [3.63, 3.8) is 0 Å². The van der Waals surface area contributed by atoms with Crippen LogP contribution in [-0.4, -0.2) is 22.5 Å². The molecule has 4 nitrogen and oxygen atoms in total. The maximum absolute atomic E-state index is 11.6. The molecule has 0 spiro atoms. The van der Waals surface area contributed by atoms with Crippen molar-refractivity contribution in [3.8, 4) is 0 Å². The number of aryl methyl sites for hydroxylation is 1. The molecule has 0 bridgehead atoms. The Morgan fingerprint density at radius 1 is 1.29 bits per heavy atom. The summed E-state index contributed by atoms with van der Waals surface area (Å²) in [6, 6.07) is 0. The van der Waals surface area contributed by atoms with Gasteiger partial charge in [0.25, 0.3) is 0 Å². The summed E-state index contributed by atoms with van der Waals surface area (Å²) in [6.07, 6.45) is 3.40. The Balaban J connectivity index is 0.00000121. The van der Waals surface area contributed by atoms with Gasteiger partial charge in [-0.1, -0.05) is 13.8 Å². The van der Waals surface area contributed by atoms with Crippen LogP contribution in [0.25, 0.3) is 0 Å². The molecule has 4 heteroatoms. The van der Waals surface area contributed by atoms with Gasteiger partial charge in [-0.2, -0.15) is 0 Å². The zero-order valence-electron chi connectivity index (χ0n) is 11.6. The van der Waals surface area contributed by atoms with Crippen LogP contribution >= 0.6 is 0 Å². The molecular weight excluding hydrogens is 216 g/mol. The molecule has 0 unspecified atom stereocenters. The van der Waals surface area contributed by atoms with Crippen LogP contribution in [0.1, 0.15) is 46.0 Å². The smallest absolute Gasteiger partial charge is 0.319 e. The Hall–Kier alpha value is -1.45. The largest absolute Gasteiger partial charge is 0.465 e. The van der Waals surface area contributed by atoms with E-state index in [0.717, 1.165) is 5.56 Å². The molecule has 96 valence electrons. The van der Waals surface area contributed by atoms with E-state index in [-0.39, 0.29) is 5.97 Å². The van der Waals surface area contributed by atoms with Gasteiger partial charge >= 0.3 is 5.97 Å². The van der Waals surface area contributed by atoms with E-state index in [4.69, 9.17) is 4.74 Å². The SMILES string of the molecule is CC.CCOC(=O)C(C)(C)c1ncc(C)cn1. The van der Waals surface area contributed by atoms with Crippen LogP contribution in [0.4, 0.5) is 0 Å². The predicted molar refractivity (Wildman–Crippen MR) is 67.8 cm³/mol. The summed E-state index contributed by atoms with van der Waals surface area (Å²) in [5, 5.41) is 0. The van der Waals surface area contributed by atoms with Crippen molar-refractivity contribution in [2.45, 2.75) is 47.0 Å². The fourth-order valence-electron chi connectivity index (χ4n) is 1.12. The fourth-order valence-corrected chi connectivity index (χ4v) is 1.12. The van der Waals surface area contributed by atoms with Gasteiger partial charge in [0.15, 0.2) is 0 Å². The summed E-state index contributed by atoms with van der Waals surface area (Å²) < 4.78 is 4.97. The number of carbonyl (C=O) groups excluding carboxylic acids is 1. The molecule has 0 aliphatic carbocycles. The highest BCUT2D eigenvalue weighted by atomic mass is 16.5. The molecule has 17 heavy (non-hydrogen) atoms. The van der Waals surface area contributed by atoms with E-state index < -0.39 is 5.41 Å². The third-order valence-electron chi connectivity index (χ3n) is 2.13. The lowest BCUT2D eigenvalue weighted by molar-refractivity contribution is -0.149. The lowest BCUT2D eigenvalue weighted by Gasteiger charge is -2.20. The molecule has 0 aliphatic heterocycles. The van der Waals surface area contributed by atoms with Crippen LogP contribution < -0.4 is 0 Å². The van der Waals surface area contributed by atoms with Crippen molar-refractivity contribution >= 4 is 5.97 Å². The van der Waals surface area contributed by atoms with Gasteiger partial charge in [0.2, 0.25) is 0 Å². The first kappa shape index (κ1) is 15.6. The Kier molecular flexibility index (Phi) is 6.39. The van der Waals surface area contributed by atoms with Crippen molar-refractivity contribution in [3.05, 3.63) is 23.8 Å². The van der Waals surface area contributed by atoms with Crippen LogP contribution in [0.2, 0.25) is 0 Å². The lowest BCUT2D eigenvalue weighted by atomic mass is 9.92. The van der Waals surface area contributed by atoms with E-state index in [9.17, 15) is 4.79 Å². The summed E-state index contributed by atoms with van der Waals surface area (Å²) in [4.78, 5) is 19.9. The topological polar surface area (TPSA) is 52.1 Å². The number of aromatic nitrogens is 2. The van der Waals surface area contributed by atoms with E-state index in [1.807, 2.05) is 20.8 Å². The van der Waals surface area contributed by atoms with E-state index in [1.165, 1.54) is 0 Å². The molecule has 0 aromatic carbocycles. The number of rotatable bonds is 3. The van der Waals surface area contributed by atoms with Gasteiger partial charge in [0.1, 0.15) is 11.2 Å². The first-order chi connectivity index (χ1) is 7.98. The quantitative estimate of drug-likeness (QED) is 0.760. The van der Waals surface area contributed by atoms with Gasteiger partial charge in [-0.3, -0.25) is 4.79 Å². The summed E-state index contributed by atoms with van der Waals surface area (Å²) in [7, 11) is 0. The Morgan fingerprint density at radius 3 is 2.18 bits per heavy atom. The van der Waals surface area contributed by atoms with E-state index in [1.54, 1.807) is 33.2 Å². The highest BCUT2D eigenvalue weighted by molar-refractivity contribution is 5.80. The fraction of sp³-hybridized carbons (Fsp3) is 0.615. The van der Waals surface area contributed by atoms with Gasteiger partial charge in [0.05, 0.1) is 6.61 Å². The maximum atomic E-state index is 11.6. The average molecular weight is 238 g/mol. The van der Waals surface area contributed by atoms with Crippen LogP contribution in [-0.2, 0) is 14.9 Å². The lowest BCUT2D eigenvalue weighted by Crippen LogP contribution is -2.33. The summed E-state index contributed by atoms with van der Waals surface area (Å²) >= 11 is 0. The predicted octanol–water partition coefficient (Wildman–Crippen LogP) is 2.65. The highest BCUT2D eigenvalue weighted by Gasteiger charge is 2.34. The number of ether oxygens (including phenoxy) is 1. The molecule has 0 saturated heterocycles. The molecule has 0 amide bonds. The Morgan fingerprint density at radius 2 is 1.76 bits per heavy atom. The zero-order valence-corrected chi connectivity index (χ0v) is 11.6. The Labute approximate surface area is 103 Å². The second-order valence-corrected chi connectivity index (χ2v) is 3.93. The maximum Gasteiger partial charge on any atom is 0.319 e. The van der Waals surface area contributed by atoms with E-state index in [0.29, 0.717) is 12.4 Å². The third-order valence-corrected chi connectivity index (χ3v) is 2.13. The number of esters is 1. The van der Waals surface area contributed by atoms with Crippen molar-refractivity contribution in [2.75, 3.05) is 6.61 Å². The molecule has 1 aromatic rings. The average Bonchev–Trinajstić information content (AvgIpc) is 2.32. The molecule has 0 saturated carbocycles. The van der Waals surface area contributed by atoms with E-state index >= 15 is 0 Å². The highest BCUT2D eigenvalue weighted by Crippen LogP contribution is 2.20. The first-order valence-electron chi connectivity index (χ1n) is 5.94. The molecular formula is C13H22N2O2. The van der Waals surface area contributed by atoms with Gasteiger partial charge in [-0.15, -0.1) is 0 Å². The number of hydrogen-bond acceptors (Lipinski definition) is 4. The number of carbonyl (C=O) groups is 1. The number of hydrogen-bond donors (Lipinski definition) is 0. The van der Waals surface area contributed by atoms with Crippen LogP contribution in [0.15, 0.2) is 12.4 Å². The van der Waals surface area contributed by atoms with Crippen molar-refractivity contribution in [1.29, 1.82) is 0 Å². The van der Waals surface area contributed by atoms with Crippen molar-refractivity contribution < 1.29 is 9.53 Å². The molecule has 1 rings (SSSR count).